The first-order valence-corrected chi connectivity index (χ1v) is 3.62. The number of hydrogen-bond acceptors (Lipinski definition) is 1. The molecule has 1 heteroatoms. The van der Waals surface area contributed by atoms with Crippen LogP contribution in [-0.2, 0) is 0 Å². The Balaban J connectivity index is 3.40. The molecule has 0 aliphatic carbocycles. The molecule has 1 nitrogen and oxygen atoms in total. The zero-order valence-corrected chi connectivity index (χ0v) is 6.72. The van der Waals surface area contributed by atoms with Gasteiger partial charge in [0, 0.05) is 12.8 Å². The molecule has 0 saturated heterocycles. The summed E-state index contributed by atoms with van der Waals surface area (Å²) in [4.78, 5) is 0. The van der Waals surface area contributed by atoms with Gasteiger partial charge in [-0.2, -0.15) is 0 Å². The third-order valence-corrected chi connectivity index (χ3v) is 0.929. The van der Waals surface area contributed by atoms with Crippen LogP contribution in [-0.4, -0.2) is 5.11 Å². The van der Waals surface area contributed by atoms with Crippen molar-refractivity contribution in [2.45, 2.75) is 26.2 Å². The molecule has 58 valence electrons. The summed E-state index contributed by atoms with van der Waals surface area (Å²) in [5.41, 5.74) is 0. The first-order valence-electron chi connectivity index (χ1n) is 3.62. The van der Waals surface area contributed by atoms with E-state index in [0.29, 0.717) is 12.8 Å². The monoisotopic (exact) mass is 148 g/mol. The number of aliphatic hydroxyl groups is 1. The van der Waals surface area contributed by atoms with Crippen LogP contribution in [0.3, 0.4) is 0 Å². The van der Waals surface area contributed by atoms with E-state index < -0.39 is 0 Å². The van der Waals surface area contributed by atoms with Gasteiger partial charge in [-0.3, -0.25) is 0 Å². The highest BCUT2D eigenvalue weighted by atomic mass is 16.2. The van der Waals surface area contributed by atoms with E-state index in [1.807, 2.05) is 6.92 Å². The second-order valence-electron chi connectivity index (χ2n) is 1.83. The minimum Gasteiger partial charge on any atom is -0.516 e. The average Bonchev–Trinajstić information content (AvgIpc) is 2.03. The maximum absolute atomic E-state index is 8.23. The van der Waals surface area contributed by atoms with Gasteiger partial charge in [0.25, 0.3) is 0 Å². The highest BCUT2D eigenvalue weighted by Gasteiger charge is 1.67. The predicted molar refractivity (Wildman–Crippen MR) is 46.8 cm³/mol. The van der Waals surface area contributed by atoms with E-state index in [0.717, 1.165) is 12.7 Å². The zero-order valence-electron chi connectivity index (χ0n) is 6.72. The van der Waals surface area contributed by atoms with Crippen molar-refractivity contribution in [2.75, 3.05) is 0 Å². The maximum atomic E-state index is 8.23. The van der Waals surface area contributed by atoms with Crippen molar-refractivity contribution >= 4 is 0 Å². The van der Waals surface area contributed by atoms with Crippen molar-refractivity contribution in [3.8, 4) is 23.7 Å². The summed E-state index contributed by atoms with van der Waals surface area (Å²) in [6, 6.07) is 0. The smallest absolute Gasteiger partial charge is 0.0761 e. The predicted octanol–water partition coefficient (Wildman–Crippen LogP) is 2.26. The molecule has 0 radical (unpaired) electrons. The Bertz CT molecular complexity index is 217. The minimum atomic E-state index is 0.601. The molecule has 0 rings (SSSR count). The molecule has 0 spiro atoms. The highest BCUT2D eigenvalue weighted by Crippen LogP contribution is 1.78. The van der Waals surface area contributed by atoms with Crippen molar-refractivity contribution < 1.29 is 5.11 Å². The van der Waals surface area contributed by atoms with Gasteiger partial charge >= 0.3 is 0 Å². The molecule has 0 fully saturated rings. The van der Waals surface area contributed by atoms with Gasteiger partial charge < -0.3 is 5.11 Å². The second kappa shape index (κ2) is 8.66. The van der Waals surface area contributed by atoms with Gasteiger partial charge in [0.05, 0.1) is 12.7 Å². The van der Waals surface area contributed by atoms with Crippen molar-refractivity contribution in [3.05, 3.63) is 12.3 Å². The molecule has 0 aliphatic rings. The summed E-state index contributed by atoms with van der Waals surface area (Å²) >= 11 is 0. The van der Waals surface area contributed by atoms with Gasteiger partial charge in [0.1, 0.15) is 0 Å². The first kappa shape index (κ1) is 9.66. The lowest BCUT2D eigenvalue weighted by Gasteiger charge is -1.73. The van der Waals surface area contributed by atoms with Crippen LogP contribution < -0.4 is 0 Å². The fourth-order valence-electron chi connectivity index (χ4n) is 0.478. The number of hydrogen-bond donors (Lipinski definition) is 1. The molecular weight excluding hydrogens is 136 g/mol. The number of allylic oxidation sites excluding steroid dienone is 1. The van der Waals surface area contributed by atoms with Crippen LogP contribution in [0.4, 0.5) is 0 Å². The van der Waals surface area contributed by atoms with Crippen LogP contribution >= 0.6 is 0 Å². The lowest BCUT2D eigenvalue weighted by Crippen LogP contribution is -1.62. The molecule has 0 atom stereocenters. The summed E-state index contributed by atoms with van der Waals surface area (Å²) in [6.45, 7) is 2.01. The quantitative estimate of drug-likeness (QED) is 0.446. The molecule has 0 saturated carbocycles. The number of aliphatic hydroxyl groups excluding tert-OH is 1. The fraction of sp³-hybridized carbons (Fsp3) is 0.400. The molecule has 0 aliphatic heterocycles. The molecular formula is C10H12O. The summed E-state index contributed by atoms with van der Waals surface area (Å²) in [7, 11) is 0. The Morgan fingerprint density at radius 2 is 1.91 bits per heavy atom. The fourth-order valence-corrected chi connectivity index (χ4v) is 0.478. The average molecular weight is 148 g/mol. The van der Waals surface area contributed by atoms with Gasteiger partial charge in [-0.15, -0.1) is 5.92 Å². The topological polar surface area (TPSA) is 20.2 Å². The van der Waals surface area contributed by atoms with Crippen LogP contribution in [0.1, 0.15) is 26.2 Å². The molecule has 0 amide bonds. The van der Waals surface area contributed by atoms with Crippen molar-refractivity contribution in [2.24, 2.45) is 0 Å². The zero-order chi connectivity index (χ0) is 8.36. The summed E-state index contributed by atoms with van der Waals surface area (Å²) < 4.78 is 0. The van der Waals surface area contributed by atoms with E-state index in [9.17, 15) is 0 Å². The number of rotatable bonds is 1. The Hall–Kier alpha value is -1.34. The molecule has 1 N–H and O–H groups in total. The van der Waals surface area contributed by atoms with Crippen LogP contribution in [0.15, 0.2) is 12.3 Å². The third-order valence-electron chi connectivity index (χ3n) is 0.929. The van der Waals surface area contributed by atoms with Crippen molar-refractivity contribution in [1.29, 1.82) is 0 Å². The molecule has 0 aromatic rings. The Labute approximate surface area is 68.1 Å². The highest BCUT2D eigenvalue weighted by molar-refractivity contribution is 5.12. The first-order chi connectivity index (χ1) is 5.41. The Morgan fingerprint density at radius 3 is 2.55 bits per heavy atom. The lowest BCUT2D eigenvalue weighted by atomic mass is 10.3. The van der Waals surface area contributed by atoms with E-state index in [-0.39, 0.29) is 0 Å². The van der Waals surface area contributed by atoms with E-state index in [1.165, 1.54) is 0 Å². The molecule has 0 aromatic heterocycles. The Kier molecular flexibility index (Phi) is 7.61. The van der Waals surface area contributed by atoms with Gasteiger partial charge in [-0.05, 0) is 6.08 Å². The Morgan fingerprint density at radius 1 is 1.18 bits per heavy atom. The van der Waals surface area contributed by atoms with Gasteiger partial charge in [0.15, 0.2) is 0 Å². The second-order valence-corrected chi connectivity index (χ2v) is 1.83. The third kappa shape index (κ3) is 8.66. The largest absolute Gasteiger partial charge is 0.516 e. The molecule has 0 bridgehead atoms. The lowest BCUT2D eigenvalue weighted by molar-refractivity contribution is 0.472. The maximum Gasteiger partial charge on any atom is 0.0761 e. The van der Waals surface area contributed by atoms with Crippen LogP contribution in [0, 0.1) is 23.7 Å². The van der Waals surface area contributed by atoms with Gasteiger partial charge in [0.2, 0.25) is 0 Å². The molecule has 0 unspecified atom stereocenters. The van der Waals surface area contributed by atoms with E-state index in [1.54, 1.807) is 6.08 Å². The van der Waals surface area contributed by atoms with Crippen LogP contribution in [0.5, 0.6) is 0 Å². The van der Waals surface area contributed by atoms with Crippen LogP contribution in [0.25, 0.3) is 0 Å². The SMILES string of the molecule is CCC#CCC#CC/C=C/O. The van der Waals surface area contributed by atoms with Crippen molar-refractivity contribution in [1.82, 2.24) is 0 Å². The summed E-state index contributed by atoms with van der Waals surface area (Å²) in [6.07, 6.45) is 4.72. The molecule has 11 heavy (non-hydrogen) atoms. The van der Waals surface area contributed by atoms with Crippen LogP contribution in [0.2, 0.25) is 0 Å². The normalized spacial score (nSPS) is 8.09. The van der Waals surface area contributed by atoms with Gasteiger partial charge in [-0.1, -0.05) is 24.7 Å². The van der Waals surface area contributed by atoms with Crippen molar-refractivity contribution in [3.63, 3.8) is 0 Å². The van der Waals surface area contributed by atoms with Gasteiger partial charge in [-0.25, -0.2) is 0 Å². The van der Waals surface area contributed by atoms with E-state index in [4.69, 9.17) is 5.11 Å². The standard InChI is InChI=1S/C10H12O/c1-2-3-4-5-6-7-8-9-10-11/h9-11H,2,5,8H2,1H3/b10-9+. The summed E-state index contributed by atoms with van der Waals surface area (Å²) in [5.74, 6) is 11.5. The summed E-state index contributed by atoms with van der Waals surface area (Å²) in [5, 5.41) is 8.23. The molecule has 0 aromatic carbocycles. The van der Waals surface area contributed by atoms with E-state index >= 15 is 0 Å². The molecule has 0 heterocycles. The van der Waals surface area contributed by atoms with E-state index in [2.05, 4.69) is 23.7 Å². The minimum absolute atomic E-state index is 0.601.